The summed E-state index contributed by atoms with van der Waals surface area (Å²) in [5.74, 6) is -0.361. The molecule has 0 radical (unpaired) electrons. The summed E-state index contributed by atoms with van der Waals surface area (Å²) in [4.78, 5) is 14.5. The van der Waals surface area contributed by atoms with Gasteiger partial charge in [-0.2, -0.15) is 5.10 Å². The van der Waals surface area contributed by atoms with Crippen LogP contribution in [0, 0.1) is 5.82 Å². The molecule has 1 amide bonds. The summed E-state index contributed by atoms with van der Waals surface area (Å²) in [6, 6.07) is 6.01. The minimum absolute atomic E-state index is 0.0531. The normalized spacial score (nSPS) is 16.0. The fourth-order valence-electron chi connectivity index (χ4n) is 2.75. The van der Waals surface area contributed by atoms with E-state index in [0.717, 1.165) is 18.4 Å². The first kappa shape index (κ1) is 14.7. The Bertz CT molecular complexity index is 646. The molecule has 1 N–H and O–H groups in total. The number of carbonyl (C=O) groups excluding carboxylic acids is 1. The zero-order chi connectivity index (χ0) is 15.5. The first-order valence-corrected chi connectivity index (χ1v) is 7.30. The van der Waals surface area contributed by atoms with Crippen LogP contribution in [-0.2, 0) is 4.74 Å². The molecule has 6 heteroatoms. The quantitative estimate of drug-likeness (QED) is 0.947. The Hall–Kier alpha value is -2.21. The van der Waals surface area contributed by atoms with Gasteiger partial charge in [0.05, 0.1) is 23.6 Å². The molecule has 5 nitrogen and oxygen atoms in total. The molecular weight excluding hydrogens is 285 g/mol. The van der Waals surface area contributed by atoms with Gasteiger partial charge in [-0.15, -0.1) is 0 Å². The SMILES string of the molecule is COC1CCN(C(=O)c2cn[nH]c2-c2ccc(F)cc2)CC1. The number of carbonyl (C=O) groups is 1. The Morgan fingerprint density at radius 2 is 2.00 bits per heavy atom. The fourth-order valence-corrected chi connectivity index (χ4v) is 2.75. The van der Waals surface area contributed by atoms with Gasteiger partial charge in [0.1, 0.15) is 5.82 Å². The maximum absolute atomic E-state index is 13.0. The van der Waals surface area contributed by atoms with Crippen molar-refractivity contribution in [2.45, 2.75) is 18.9 Å². The second kappa shape index (κ2) is 6.27. The minimum Gasteiger partial charge on any atom is -0.381 e. The van der Waals surface area contributed by atoms with E-state index in [1.165, 1.54) is 18.3 Å². The molecule has 1 aromatic heterocycles. The molecule has 3 rings (SSSR count). The molecule has 1 fully saturated rings. The lowest BCUT2D eigenvalue weighted by atomic mass is 10.0. The monoisotopic (exact) mass is 303 g/mol. The van der Waals surface area contributed by atoms with Crippen LogP contribution in [0.25, 0.3) is 11.3 Å². The Morgan fingerprint density at radius 3 is 2.64 bits per heavy atom. The molecule has 0 unspecified atom stereocenters. The van der Waals surface area contributed by atoms with Gasteiger partial charge in [-0.3, -0.25) is 9.89 Å². The number of halogens is 1. The highest BCUT2D eigenvalue weighted by Gasteiger charge is 2.26. The van der Waals surface area contributed by atoms with Crippen LogP contribution in [0.3, 0.4) is 0 Å². The maximum atomic E-state index is 13.0. The Labute approximate surface area is 128 Å². The van der Waals surface area contributed by atoms with Crippen molar-refractivity contribution in [3.8, 4) is 11.3 Å². The Kier molecular flexibility index (Phi) is 4.20. The second-order valence-corrected chi connectivity index (χ2v) is 5.39. The number of hydrogen-bond donors (Lipinski definition) is 1. The third kappa shape index (κ3) is 2.87. The highest BCUT2D eigenvalue weighted by atomic mass is 19.1. The van der Waals surface area contributed by atoms with Crippen molar-refractivity contribution in [3.63, 3.8) is 0 Å². The average molecular weight is 303 g/mol. The van der Waals surface area contributed by atoms with Crippen molar-refractivity contribution in [2.75, 3.05) is 20.2 Å². The molecule has 2 aromatic rings. The van der Waals surface area contributed by atoms with E-state index in [-0.39, 0.29) is 17.8 Å². The van der Waals surface area contributed by atoms with Crippen molar-refractivity contribution in [2.24, 2.45) is 0 Å². The largest absolute Gasteiger partial charge is 0.381 e. The van der Waals surface area contributed by atoms with E-state index < -0.39 is 0 Å². The number of benzene rings is 1. The summed E-state index contributed by atoms with van der Waals surface area (Å²) in [5.41, 5.74) is 1.88. The number of H-pyrrole nitrogens is 1. The molecule has 1 saturated heterocycles. The van der Waals surface area contributed by atoms with Gasteiger partial charge in [-0.1, -0.05) is 0 Å². The summed E-state index contributed by atoms with van der Waals surface area (Å²) in [6.07, 6.45) is 3.44. The third-order valence-electron chi connectivity index (χ3n) is 4.07. The van der Waals surface area contributed by atoms with Gasteiger partial charge >= 0.3 is 0 Å². The highest BCUT2D eigenvalue weighted by Crippen LogP contribution is 2.24. The summed E-state index contributed by atoms with van der Waals surface area (Å²) in [7, 11) is 1.70. The lowest BCUT2D eigenvalue weighted by molar-refractivity contribution is 0.0351. The molecule has 0 spiro atoms. The number of hydrogen-bond acceptors (Lipinski definition) is 3. The van der Waals surface area contributed by atoms with E-state index in [0.29, 0.717) is 24.3 Å². The molecule has 1 aliphatic heterocycles. The number of aromatic nitrogens is 2. The molecule has 0 aliphatic carbocycles. The first-order valence-electron chi connectivity index (χ1n) is 7.30. The van der Waals surface area contributed by atoms with Gasteiger partial charge < -0.3 is 9.64 Å². The maximum Gasteiger partial charge on any atom is 0.257 e. The molecule has 1 aliphatic rings. The van der Waals surface area contributed by atoms with Crippen LogP contribution in [0.5, 0.6) is 0 Å². The number of nitrogens with one attached hydrogen (secondary N) is 1. The molecule has 0 atom stereocenters. The standard InChI is InChI=1S/C16H18FN3O2/c1-22-13-6-8-20(9-7-13)16(21)14-10-18-19-15(14)11-2-4-12(17)5-3-11/h2-5,10,13H,6-9H2,1H3,(H,18,19). The number of amides is 1. The predicted octanol–water partition coefficient (Wildman–Crippen LogP) is 2.47. The van der Waals surface area contributed by atoms with Crippen molar-refractivity contribution < 1.29 is 13.9 Å². The van der Waals surface area contributed by atoms with E-state index in [9.17, 15) is 9.18 Å². The van der Waals surface area contributed by atoms with Gasteiger partial charge in [0, 0.05) is 25.8 Å². The van der Waals surface area contributed by atoms with Gasteiger partial charge in [0.15, 0.2) is 0 Å². The lowest BCUT2D eigenvalue weighted by Crippen LogP contribution is -2.40. The number of piperidine rings is 1. The van der Waals surface area contributed by atoms with E-state index in [1.807, 2.05) is 4.90 Å². The predicted molar refractivity (Wildman–Crippen MR) is 79.9 cm³/mol. The topological polar surface area (TPSA) is 58.2 Å². The van der Waals surface area contributed by atoms with Gasteiger partial charge in [0.2, 0.25) is 0 Å². The number of ether oxygens (including phenoxy) is 1. The van der Waals surface area contributed by atoms with Crippen LogP contribution >= 0.6 is 0 Å². The van der Waals surface area contributed by atoms with Crippen LogP contribution in [0.15, 0.2) is 30.5 Å². The van der Waals surface area contributed by atoms with E-state index >= 15 is 0 Å². The number of aromatic amines is 1. The molecule has 116 valence electrons. The minimum atomic E-state index is -0.308. The summed E-state index contributed by atoms with van der Waals surface area (Å²) >= 11 is 0. The zero-order valence-electron chi connectivity index (χ0n) is 12.4. The van der Waals surface area contributed by atoms with E-state index in [2.05, 4.69) is 10.2 Å². The molecular formula is C16H18FN3O2. The van der Waals surface area contributed by atoms with E-state index in [1.54, 1.807) is 19.2 Å². The van der Waals surface area contributed by atoms with Gasteiger partial charge in [-0.05, 0) is 37.1 Å². The van der Waals surface area contributed by atoms with Crippen LogP contribution in [0.2, 0.25) is 0 Å². The molecule has 0 bridgehead atoms. The highest BCUT2D eigenvalue weighted by molar-refractivity contribution is 5.99. The summed E-state index contributed by atoms with van der Waals surface area (Å²) in [5, 5.41) is 6.81. The average Bonchev–Trinajstić information content (AvgIpc) is 3.04. The Balaban J connectivity index is 1.80. The van der Waals surface area contributed by atoms with Crippen molar-refractivity contribution in [3.05, 3.63) is 41.8 Å². The lowest BCUT2D eigenvalue weighted by Gasteiger charge is -2.31. The molecule has 22 heavy (non-hydrogen) atoms. The third-order valence-corrected chi connectivity index (χ3v) is 4.07. The molecule has 1 aromatic carbocycles. The number of nitrogens with zero attached hydrogens (tertiary/aromatic N) is 2. The molecule has 2 heterocycles. The van der Waals surface area contributed by atoms with Gasteiger partial charge in [0.25, 0.3) is 5.91 Å². The fraction of sp³-hybridized carbons (Fsp3) is 0.375. The van der Waals surface area contributed by atoms with Crippen LogP contribution in [0.4, 0.5) is 4.39 Å². The first-order chi connectivity index (χ1) is 10.7. The van der Waals surface area contributed by atoms with Gasteiger partial charge in [-0.25, -0.2) is 4.39 Å². The van der Waals surface area contributed by atoms with E-state index in [4.69, 9.17) is 4.74 Å². The summed E-state index contributed by atoms with van der Waals surface area (Å²) < 4.78 is 18.4. The number of methoxy groups -OCH3 is 1. The second-order valence-electron chi connectivity index (χ2n) is 5.39. The number of likely N-dealkylation sites (tertiary alicyclic amines) is 1. The van der Waals surface area contributed by atoms with Crippen LogP contribution in [0.1, 0.15) is 23.2 Å². The molecule has 0 saturated carbocycles. The van der Waals surface area contributed by atoms with Crippen molar-refractivity contribution >= 4 is 5.91 Å². The van der Waals surface area contributed by atoms with Crippen LogP contribution < -0.4 is 0 Å². The number of rotatable bonds is 3. The zero-order valence-corrected chi connectivity index (χ0v) is 12.4. The van der Waals surface area contributed by atoms with Crippen LogP contribution in [-0.4, -0.2) is 47.3 Å². The van der Waals surface area contributed by atoms with Crippen molar-refractivity contribution in [1.82, 2.24) is 15.1 Å². The van der Waals surface area contributed by atoms with Crippen molar-refractivity contribution in [1.29, 1.82) is 0 Å². The summed E-state index contributed by atoms with van der Waals surface area (Å²) in [6.45, 7) is 1.34. The smallest absolute Gasteiger partial charge is 0.257 e. The Morgan fingerprint density at radius 1 is 1.32 bits per heavy atom.